The van der Waals surface area contributed by atoms with E-state index in [9.17, 15) is 5.26 Å². The van der Waals surface area contributed by atoms with Crippen molar-refractivity contribution in [2.45, 2.75) is 35.2 Å². The van der Waals surface area contributed by atoms with Crippen LogP contribution in [-0.2, 0) is 0 Å². The molecule has 1 aromatic carbocycles. The van der Waals surface area contributed by atoms with Gasteiger partial charge in [-0.2, -0.15) is 5.26 Å². The summed E-state index contributed by atoms with van der Waals surface area (Å²) in [5.74, 6) is 0.702. The standard InChI is InChI=1S/C17H17Cl2N5S/c1-17(21)5-7-24(8-6-17)14-10-22-16(12(9-20)23-14)25-13-4-2-3-11(18)15(13)19/h2-4,10H,5-8,21H2,1H3. The molecule has 0 amide bonds. The van der Waals surface area contributed by atoms with Crippen LogP contribution in [0.25, 0.3) is 0 Å². The van der Waals surface area contributed by atoms with Crippen LogP contribution in [0.5, 0.6) is 0 Å². The van der Waals surface area contributed by atoms with Crippen LogP contribution in [0, 0.1) is 11.3 Å². The van der Waals surface area contributed by atoms with E-state index >= 15 is 0 Å². The number of piperidine rings is 1. The second-order valence-corrected chi connectivity index (χ2v) is 8.10. The first-order valence-corrected chi connectivity index (χ1v) is 9.40. The maximum Gasteiger partial charge on any atom is 0.175 e. The van der Waals surface area contributed by atoms with Gasteiger partial charge in [0.05, 0.1) is 16.2 Å². The number of halogens is 2. The Hall–Kier alpha value is -1.52. The van der Waals surface area contributed by atoms with E-state index in [1.165, 1.54) is 11.8 Å². The highest BCUT2D eigenvalue weighted by molar-refractivity contribution is 7.99. The van der Waals surface area contributed by atoms with E-state index in [1.54, 1.807) is 12.3 Å². The SMILES string of the molecule is CC1(N)CCN(c2cnc(Sc3cccc(Cl)c3Cl)c(C#N)n2)CC1. The van der Waals surface area contributed by atoms with Crippen molar-refractivity contribution in [3.63, 3.8) is 0 Å². The molecule has 8 heteroatoms. The molecule has 1 saturated heterocycles. The van der Waals surface area contributed by atoms with Crippen LogP contribution in [0.4, 0.5) is 5.82 Å². The molecule has 0 spiro atoms. The van der Waals surface area contributed by atoms with E-state index in [0.717, 1.165) is 30.8 Å². The summed E-state index contributed by atoms with van der Waals surface area (Å²) in [6, 6.07) is 7.48. The third-order valence-corrected chi connectivity index (χ3v) is 6.17. The molecule has 0 radical (unpaired) electrons. The lowest BCUT2D eigenvalue weighted by molar-refractivity contribution is 0.363. The molecular weight excluding hydrogens is 377 g/mol. The van der Waals surface area contributed by atoms with E-state index in [-0.39, 0.29) is 11.2 Å². The van der Waals surface area contributed by atoms with Crippen molar-refractivity contribution in [1.82, 2.24) is 9.97 Å². The van der Waals surface area contributed by atoms with Gasteiger partial charge in [-0.3, -0.25) is 0 Å². The molecule has 0 aliphatic carbocycles. The fourth-order valence-corrected chi connectivity index (χ4v) is 3.90. The molecule has 2 N–H and O–H groups in total. The number of nitrogens with zero attached hydrogens (tertiary/aromatic N) is 4. The van der Waals surface area contributed by atoms with Crippen molar-refractivity contribution >= 4 is 40.8 Å². The minimum Gasteiger partial charge on any atom is -0.355 e. The Labute approximate surface area is 161 Å². The van der Waals surface area contributed by atoms with Crippen molar-refractivity contribution in [2.24, 2.45) is 5.73 Å². The smallest absolute Gasteiger partial charge is 0.175 e. The predicted octanol–water partition coefficient (Wildman–Crippen LogP) is 4.12. The van der Waals surface area contributed by atoms with Crippen molar-refractivity contribution in [2.75, 3.05) is 18.0 Å². The molecule has 2 aromatic rings. The van der Waals surface area contributed by atoms with Gasteiger partial charge < -0.3 is 10.6 Å². The minimum absolute atomic E-state index is 0.138. The van der Waals surface area contributed by atoms with Crippen LogP contribution in [0.1, 0.15) is 25.5 Å². The molecule has 3 rings (SSSR count). The number of benzene rings is 1. The molecule has 5 nitrogen and oxygen atoms in total. The monoisotopic (exact) mass is 393 g/mol. The van der Waals surface area contributed by atoms with Gasteiger partial charge in [-0.25, -0.2) is 9.97 Å². The third-order valence-electron chi connectivity index (χ3n) is 4.18. The van der Waals surface area contributed by atoms with E-state index in [4.69, 9.17) is 28.9 Å². The van der Waals surface area contributed by atoms with Gasteiger partial charge in [0.15, 0.2) is 5.69 Å². The van der Waals surface area contributed by atoms with Crippen LogP contribution < -0.4 is 10.6 Å². The van der Waals surface area contributed by atoms with Crippen molar-refractivity contribution in [3.8, 4) is 6.07 Å². The first kappa shape index (κ1) is 18.3. The number of anilines is 1. The molecule has 0 atom stereocenters. The maximum absolute atomic E-state index is 9.46. The Bertz CT molecular complexity index is 824. The Morgan fingerprint density at radius 2 is 2.04 bits per heavy atom. The summed E-state index contributed by atoms with van der Waals surface area (Å²) in [6.07, 6.45) is 3.46. The molecule has 0 unspecified atom stereocenters. The van der Waals surface area contributed by atoms with E-state index in [1.807, 2.05) is 12.1 Å². The average Bonchev–Trinajstić information content (AvgIpc) is 2.59. The zero-order valence-electron chi connectivity index (χ0n) is 13.7. The summed E-state index contributed by atoms with van der Waals surface area (Å²) in [6.45, 7) is 3.67. The summed E-state index contributed by atoms with van der Waals surface area (Å²) in [5, 5.41) is 10.9. The summed E-state index contributed by atoms with van der Waals surface area (Å²) in [5.41, 5.74) is 6.31. The van der Waals surface area contributed by atoms with Gasteiger partial charge in [-0.15, -0.1) is 0 Å². The zero-order valence-corrected chi connectivity index (χ0v) is 16.0. The number of nitriles is 1. The van der Waals surface area contributed by atoms with Crippen molar-refractivity contribution in [1.29, 1.82) is 5.26 Å². The number of hydrogen-bond donors (Lipinski definition) is 1. The molecule has 1 aliphatic heterocycles. The van der Waals surface area contributed by atoms with Gasteiger partial charge in [0.1, 0.15) is 16.9 Å². The Morgan fingerprint density at radius 1 is 1.32 bits per heavy atom. The molecule has 1 fully saturated rings. The highest BCUT2D eigenvalue weighted by Gasteiger charge is 2.27. The Morgan fingerprint density at radius 3 is 2.72 bits per heavy atom. The van der Waals surface area contributed by atoms with Crippen molar-refractivity contribution in [3.05, 3.63) is 40.1 Å². The highest BCUT2D eigenvalue weighted by Crippen LogP contribution is 2.37. The normalized spacial score (nSPS) is 16.5. The second kappa shape index (κ2) is 7.38. The van der Waals surface area contributed by atoms with E-state index < -0.39 is 0 Å². The summed E-state index contributed by atoms with van der Waals surface area (Å²) >= 11 is 13.5. The van der Waals surface area contributed by atoms with Crippen LogP contribution >= 0.6 is 35.0 Å². The molecule has 1 aliphatic rings. The third kappa shape index (κ3) is 4.18. The van der Waals surface area contributed by atoms with Gasteiger partial charge in [0.2, 0.25) is 0 Å². The molecule has 0 bridgehead atoms. The lowest BCUT2D eigenvalue weighted by Crippen LogP contribution is -2.48. The van der Waals surface area contributed by atoms with Crippen LogP contribution in [0.2, 0.25) is 10.0 Å². The summed E-state index contributed by atoms with van der Waals surface area (Å²) < 4.78 is 0. The number of rotatable bonds is 3. The summed E-state index contributed by atoms with van der Waals surface area (Å²) in [4.78, 5) is 11.8. The van der Waals surface area contributed by atoms with Gasteiger partial charge in [-0.1, -0.05) is 41.0 Å². The number of hydrogen-bond acceptors (Lipinski definition) is 6. The lowest BCUT2D eigenvalue weighted by Gasteiger charge is -2.37. The van der Waals surface area contributed by atoms with Gasteiger partial charge in [0, 0.05) is 23.5 Å². The highest BCUT2D eigenvalue weighted by atomic mass is 35.5. The number of nitrogens with two attached hydrogens (primary N) is 1. The molecule has 130 valence electrons. The Kier molecular flexibility index (Phi) is 5.40. The first-order valence-electron chi connectivity index (χ1n) is 7.82. The average molecular weight is 394 g/mol. The molecular formula is C17H17Cl2N5S. The predicted molar refractivity (Wildman–Crippen MR) is 101 cm³/mol. The quantitative estimate of drug-likeness (QED) is 0.844. The molecule has 25 heavy (non-hydrogen) atoms. The Balaban J connectivity index is 1.83. The largest absolute Gasteiger partial charge is 0.355 e. The fraction of sp³-hybridized carbons (Fsp3) is 0.353. The van der Waals surface area contributed by atoms with E-state index in [2.05, 4.69) is 27.9 Å². The first-order chi connectivity index (χ1) is 11.9. The summed E-state index contributed by atoms with van der Waals surface area (Å²) in [7, 11) is 0. The minimum atomic E-state index is -0.138. The molecule has 2 heterocycles. The van der Waals surface area contributed by atoms with Crippen LogP contribution in [0.15, 0.2) is 34.3 Å². The molecule has 1 aromatic heterocycles. The van der Waals surface area contributed by atoms with Gasteiger partial charge in [-0.05, 0) is 31.9 Å². The van der Waals surface area contributed by atoms with Gasteiger partial charge >= 0.3 is 0 Å². The van der Waals surface area contributed by atoms with Gasteiger partial charge in [0.25, 0.3) is 0 Å². The van der Waals surface area contributed by atoms with Crippen LogP contribution in [0.3, 0.4) is 0 Å². The molecule has 0 saturated carbocycles. The maximum atomic E-state index is 9.46. The zero-order chi connectivity index (χ0) is 18.0. The van der Waals surface area contributed by atoms with E-state index in [0.29, 0.717) is 20.9 Å². The second-order valence-electron chi connectivity index (χ2n) is 6.29. The fourth-order valence-electron chi connectivity index (χ4n) is 2.58. The van der Waals surface area contributed by atoms with Crippen molar-refractivity contribution < 1.29 is 0 Å². The number of aromatic nitrogens is 2. The topological polar surface area (TPSA) is 78.8 Å². The lowest BCUT2D eigenvalue weighted by atomic mass is 9.91. The van der Waals surface area contributed by atoms with Crippen LogP contribution in [-0.4, -0.2) is 28.6 Å².